The van der Waals surface area contributed by atoms with Gasteiger partial charge >= 0.3 is 0 Å². The number of benzene rings is 1. The molecule has 2 aromatic rings. The van der Waals surface area contributed by atoms with E-state index in [-0.39, 0.29) is 0 Å². The van der Waals surface area contributed by atoms with E-state index in [0.29, 0.717) is 19.8 Å². The summed E-state index contributed by atoms with van der Waals surface area (Å²) in [6, 6.07) is 9.76. The lowest BCUT2D eigenvalue weighted by Gasteiger charge is -2.09. The normalized spacial score (nSPS) is 13.8. The average molecular weight is 271 g/mol. The standard InChI is InChI=1S/C15H17N3O2/c16-7-6-12-3-4-13(18-17-12)11-2-5-14-15(10-11)20-9-1-8-19-14/h2-5,10H,1,6-9,16H2. The average Bonchev–Trinajstić information content (AvgIpc) is 2.73. The van der Waals surface area contributed by atoms with Crippen molar-refractivity contribution in [2.45, 2.75) is 12.8 Å². The zero-order chi connectivity index (χ0) is 13.8. The maximum Gasteiger partial charge on any atom is 0.161 e. The summed E-state index contributed by atoms with van der Waals surface area (Å²) in [5.74, 6) is 1.56. The first-order valence-corrected chi connectivity index (χ1v) is 6.79. The summed E-state index contributed by atoms with van der Waals surface area (Å²) in [7, 11) is 0. The summed E-state index contributed by atoms with van der Waals surface area (Å²) in [6.07, 6.45) is 1.64. The summed E-state index contributed by atoms with van der Waals surface area (Å²) < 4.78 is 11.3. The van der Waals surface area contributed by atoms with Crippen molar-refractivity contribution in [1.82, 2.24) is 10.2 Å². The molecule has 5 heteroatoms. The lowest BCUT2D eigenvalue weighted by Crippen LogP contribution is -2.05. The number of rotatable bonds is 3. The zero-order valence-corrected chi connectivity index (χ0v) is 11.2. The summed E-state index contributed by atoms with van der Waals surface area (Å²) >= 11 is 0. The number of hydrogen-bond donors (Lipinski definition) is 1. The lowest BCUT2D eigenvalue weighted by atomic mass is 10.1. The Morgan fingerprint density at radius 2 is 1.85 bits per heavy atom. The first-order chi connectivity index (χ1) is 9.86. The van der Waals surface area contributed by atoms with Gasteiger partial charge in [0.2, 0.25) is 0 Å². The predicted octanol–water partition coefficient (Wildman–Crippen LogP) is 1.81. The van der Waals surface area contributed by atoms with Crippen LogP contribution in [-0.2, 0) is 6.42 Å². The van der Waals surface area contributed by atoms with Gasteiger partial charge in [-0.05, 0) is 36.9 Å². The Balaban J connectivity index is 1.88. The van der Waals surface area contributed by atoms with Crippen molar-refractivity contribution in [1.29, 1.82) is 0 Å². The molecule has 0 saturated heterocycles. The molecule has 0 radical (unpaired) electrons. The Kier molecular flexibility index (Phi) is 3.78. The first kappa shape index (κ1) is 12.9. The zero-order valence-electron chi connectivity index (χ0n) is 11.2. The molecule has 0 spiro atoms. The largest absolute Gasteiger partial charge is 0.490 e. The van der Waals surface area contributed by atoms with Gasteiger partial charge in [-0.25, -0.2) is 0 Å². The van der Waals surface area contributed by atoms with E-state index in [4.69, 9.17) is 15.2 Å². The second-order valence-electron chi connectivity index (χ2n) is 4.66. The highest BCUT2D eigenvalue weighted by atomic mass is 16.5. The number of nitrogens with two attached hydrogens (primary N) is 1. The molecule has 1 aromatic heterocycles. The minimum absolute atomic E-state index is 0.581. The fourth-order valence-electron chi connectivity index (χ4n) is 2.12. The van der Waals surface area contributed by atoms with Gasteiger partial charge in [0.05, 0.1) is 24.6 Å². The van der Waals surface area contributed by atoms with E-state index in [9.17, 15) is 0 Å². The van der Waals surface area contributed by atoms with Gasteiger partial charge in [0.25, 0.3) is 0 Å². The predicted molar refractivity (Wildman–Crippen MR) is 75.8 cm³/mol. The van der Waals surface area contributed by atoms with E-state index in [1.807, 2.05) is 30.3 Å². The van der Waals surface area contributed by atoms with Gasteiger partial charge in [-0.3, -0.25) is 0 Å². The summed E-state index contributed by atoms with van der Waals surface area (Å²) in [6.45, 7) is 1.95. The van der Waals surface area contributed by atoms with E-state index in [2.05, 4.69) is 10.2 Å². The fraction of sp³-hybridized carbons (Fsp3) is 0.333. The van der Waals surface area contributed by atoms with E-state index in [1.54, 1.807) is 0 Å². The smallest absolute Gasteiger partial charge is 0.161 e. The van der Waals surface area contributed by atoms with Crippen LogP contribution in [0.3, 0.4) is 0 Å². The molecule has 3 rings (SSSR count). The van der Waals surface area contributed by atoms with Crippen molar-refractivity contribution in [3.63, 3.8) is 0 Å². The quantitative estimate of drug-likeness (QED) is 0.921. The summed E-state index contributed by atoms with van der Waals surface area (Å²) in [5.41, 5.74) is 8.20. The Morgan fingerprint density at radius 1 is 1.00 bits per heavy atom. The Bertz CT molecular complexity index is 584. The maximum absolute atomic E-state index is 5.68. The van der Waals surface area contributed by atoms with Crippen LogP contribution in [-0.4, -0.2) is 30.0 Å². The van der Waals surface area contributed by atoms with Crippen LogP contribution in [0.2, 0.25) is 0 Å². The second kappa shape index (κ2) is 5.88. The molecule has 0 atom stereocenters. The number of ether oxygens (including phenoxy) is 2. The number of aromatic nitrogens is 2. The van der Waals surface area contributed by atoms with Crippen molar-refractivity contribution in [3.8, 4) is 22.8 Å². The van der Waals surface area contributed by atoms with Gasteiger partial charge in [0, 0.05) is 18.4 Å². The van der Waals surface area contributed by atoms with Crippen LogP contribution in [0, 0.1) is 0 Å². The first-order valence-electron chi connectivity index (χ1n) is 6.79. The van der Waals surface area contributed by atoms with Crippen LogP contribution in [0.4, 0.5) is 0 Å². The maximum atomic E-state index is 5.68. The highest BCUT2D eigenvalue weighted by Crippen LogP contribution is 2.33. The molecule has 0 saturated carbocycles. The van der Waals surface area contributed by atoms with Gasteiger partial charge in [0.1, 0.15) is 0 Å². The Morgan fingerprint density at radius 3 is 2.60 bits per heavy atom. The van der Waals surface area contributed by atoms with Crippen LogP contribution in [0.1, 0.15) is 12.1 Å². The number of fused-ring (bicyclic) bond motifs is 1. The number of nitrogens with zero attached hydrogens (tertiary/aromatic N) is 2. The van der Waals surface area contributed by atoms with Gasteiger partial charge in [-0.1, -0.05) is 0 Å². The molecule has 0 bridgehead atoms. The van der Waals surface area contributed by atoms with E-state index < -0.39 is 0 Å². The third-order valence-corrected chi connectivity index (χ3v) is 3.16. The molecule has 20 heavy (non-hydrogen) atoms. The summed E-state index contributed by atoms with van der Waals surface area (Å²) in [5, 5.41) is 8.41. The van der Waals surface area contributed by atoms with Crippen LogP contribution >= 0.6 is 0 Å². The van der Waals surface area contributed by atoms with Crippen molar-refractivity contribution in [2.24, 2.45) is 5.73 Å². The van der Waals surface area contributed by atoms with Crippen LogP contribution in [0.15, 0.2) is 30.3 Å². The van der Waals surface area contributed by atoms with Crippen LogP contribution < -0.4 is 15.2 Å². The topological polar surface area (TPSA) is 70.3 Å². The lowest BCUT2D eigenvalue weighted by molar-refractivity contribution is 0.297. The van der Waals surface area contributed by atoms with Gasteiger partial charge in [-0.2, -0.15) is 10.2 Å². The van der Waals surface area contributed by atoms with Crippen molar-refractivity contribution in [2.75, 3.05) is 19.8 Å². The van der Waals surface area contributed by atoms with Crippen molar-refractivity contribution < 1.29 is 9.47 Å². The highest BCUT2D eigenvalue weighted by Gasteiger charge is 2.12. The molecule has 2 N–H and O–H groups in total. The van der Waals surface area contributed by atoms with Crippen molar-refractivity contribution >= 4 is 0 Å². The van der Waals surface area contributed by atoms with Crippen LogP contribution in [0.25, 0.3) is 11.3 Å². The molecular weight excluding hydrogens is 254 g/mol. The molecule has 104 valence electrons. The molecule has 0 fully saturated rings. The van der Waals surface area contributed by atoms with Gasteiger partial charge in [-0.15, -0.1) is 0 Å². The van der Waals surface area contributed by atoms with Crippen molar-refractivity contribution in [3.05, 3.63) is 36.0 Å². The molecule has 1 aromatic carbocycles. The molecular formula is C15H17N3O2. The monoisotopic (exact) mass is 271 g/mol. The van der Waals surface area contributed by atoms with E-state index in [1.165, 1.54) is 0 Å². The SMILES string of the molecule is NCCc1ccc(-c2ccc3c(c2)OCCCO3)nn1. The summed E-state index contributed by atoms with van der Waals surface area (Å²) in [4.78, 5) is 0. The fourth-order valence-corrected chi connectivity index (χ4v) is 2.12. The molecule has 1 aliphatic rings. The Labute approximate surface area is 117 Å². The Hall–Kier alpha value is -2.14. The van der Waals surface area contributed by atoms with E-state index >= 15 is 0 Å². The number of hydrogen-bond acceptors (Lipinski definition) is 5. The third kappa shape index (κ3) is 2.72. The molecule has 1 aliphatic heterocycles. The molecule has 2 heterocycles. The third-order valence-electron chi connectivity index (χ3n) is 3.16. The van der Waals surface area contributed by atoms with Gasteiger partial charge < -0.3 is 15.2 Å². The van der Waals surface area contributed by atoms with Gasteiger partial charge in [0.15, 0.2) is 11.5 Å². The highest BCUT2D eigenvalue weighted by molar-refractivity contribution is 5.63. The van der Waals surface area contributed by atoms with E-state index in [0.717, 1.165) is 41.3 Å². The van der Waals surface area contributed by atoms with Crippen LogP contribution in [0.5, 0.6) is 11.5 Å². The second-order valence-corrected chi connectivity index (χ2v) is 4.66. The molecule has 0 unspecified atom stereocenters. The minimum atomic E-state index is 0.581. The minimum Gasteiger partial charge on any atom is -0.490 e. The molecule has 5 nitrogen and oxygen atoms in total. The molecule has 0 aliphatic carbocycles. The molecule has 0 amide bonds.